The van der Waals surface area contributed by atoms with Crippen LogP contribution in [0, 0.1) is 0 Å². The molecular formula is C16H13BrN2O3. The second-order valence-corrected chi connectivity index (χ2v) is 6.29. The Morgan fingerprint density at radius 2 is 2.00 bits per heavy atom. The van der Waals surface area contributed by atoms with Crippen LogP contribution in [0.4, 0.5) is 5.69 Å². The van der Waals surface area contributed by atoms with Crippen molar-refractivity contribution in [1.82, 2.24) is 4.98 Å². The number of anilines is 1. The third-order valence-corrected chi connectivity index (χ3v) is 4.56. The van der Waals surface area contributed by atoms with Crippen LogP contribution >= 0.6 is 15.9 Å². The van der Waals surface area contributed by atoms with Gasteiger partial charge in [-0.1, -0.05) is 6.07 Å². The molecule has 22 heavy (non-hydrogen) atoms. The first kappa shape index (κ1) is 13.6. The predicted molar refractivity (Wildman–Crippen MR) is 84.0 cm³/mol. The van der Waals surface area contributed by atoms with Gasteiger partial charge in [0.2, 0.25) is 12.7 Å². The predicted octanol–water partition coefficient (Wildman–Crippen LogP) is 3.24. The van der Waals surface area contributed by atoms with Crippen LogP contribution in [-0.4, -0.2) is 17.7 Å². The monoisotopic (exact) mass is 360 g/mol. The van der Waals surface area contributed by atoms with Crippen LogP contribution in [0.25, 0.3) is 0 Å². The van der Waals surface area contributed by atoms with Crippen molar-refractivity contribution < 1.29 is 14.3 Å². The average Bonchev–Trinajstić information content (AvgIpc) is 3.21. The number of hydrogen-bond acceptors (Lipinski definition) is 4. The number of pyridine rings is 1. The molecule has 0 unspecified atom stereocenters. The number of amides is 1. The molecular weight excluding hydrogens is 348 g/mol. The largest absolute Gasteiger partial charge is 0.454 e. The second kappa shape index (κ2) is 4.98. The van der Waals surface area contributed by atoms with E-state index in [0.29, 0.717) is 11.4 Å². The third-order valence-electron chi connectivity index (χ3n) is 4.10. The lowest BCUT2D eigenvalue weighted by Crippen LogP contribution is -2.27. The van der Waals surface area contributed by atoms with Crippen LogP contribution in [0.1, 0.15) is 18.4 Å². The second-order valence-electron chi connectivity index (χ2n) is 5.47. The molecule has 112 valence electrons. The maximum atomic E-state index is 12.7. The Balaban J connectivity index is 1.58. The summed E-state index contributed by atoms with van der Waals surface area (Å²) in [4.78, 5) is 16.8. The van der Waals surface area contributed by atoms with Crippen molar-refractivity contribution >= 4 is 27.5 Å². The number of benzene rings is 1. The van der Waals surface area contributed by atoms with E-state index in [1.54, 1.807) is 12.3 Å². The zero-order valence-corrected chi connectivity index (χ0v) is 13.2. The molecule has 1 N–H and O–H groups in total. The Bertz CT molecular complexity index is 742. The van der Waals surface area contributed by atoms with E-state index in [1.165, 1.54) is 0 Å². The van der Waals surface area contributed by atoms with Gasteiger partial charge in [0.15, 0.2) is 11.5 Å². The first-order chi connectivity index (χ1) is 10.7. The standard InChI is InChI=1S/C16H13BrN2O3/c17-14-4-2-11(8-18-14)19-15(20)16(5-6-16)10-1-3-12-13(7-10)22-9-21-12/h1-4,7-8H,5-6,9H2,(H,19,20). The number of carbonyl (C=O) groups excluding carboxylic acids is 1. The maximum absolute atomic E-state index is 12.7. The summed E-state index contributed by atoms with van der Waals surface area (Å²) in [6.45, 7) is 0.239. The Morgan fingerprint density at radius 1 is 1.18 bits per heavy atom. The zero-order chi connectivity index (χ0) is 15.2. The van der Waals surface area contributed by atoms with E-state index in [1.807, 2.05) is 24.3 Å². The number of fused-ring (bicyclic) bond motifs is 1. The number of halogens is 1. The lowest BCUT2D eigenvalue weighted by Gasteiger charge is -2.16. The summed E-state index contributed by atoms with van der Waals surface area (Å²) in [5.74, 6) is 1.44. The van der Waals surface area contributed by atoms with Gasteiger partial charge in [-0.25, -0.2) is 4.98 Å². The lowest BCUT2D eigenvalue weighted by molar-refractivity contribution is -0.118. The van der Waals surface area contributed by atoms with Crippen molar-refractivity contribution in [3.63, 3.8) is 0 Å². The molecule has 0 spiro atoms. The van der Waals surface area contributed by atoms with Crippen molar-refractivity contribution in [2.75, 3.05) is 12.1 Å². The van der Waals surface area contributed by atoms with Gasteiger partial charge in [-0.15, -0.1) is 0 Å². The molecule has 0 saturated heterocycles. The van der Waals surface area contributed by atoms with Gasteiger partial charge in [0.1, 0.15) is 4.60 Å². The number of nitrogens with one attached hydrogen (secondary N) is 1. The molecule has 0 atom stereocenters. The topological polar surface area (TPSA) is 60.5 Å². The van der Waals surface area contributed by atoms with E-state index in [2.05, 4.69) is 26.2 Å². The highest BCUT2D eigenvalue weighted by Crippen LogP contribution is 2.51. The van der Waals surface area contributed by atoms with Crippen molar-refractivity contribution in [3.05, 3.63) is 46.7 Å². The van der Waals surface area contributed by atoms with Gasteiger partial charge >= 0.3 is 0 Å². The fourth-order valence-corrected chi connectivity index (χ4v) is 2.90. The van der Waals surface area contributed by atoms with E-state index in [9.17, 15) is 4.79 Å². The fraction of sp³-hybridized carbons (Fsp3) is 0.250. The summed E-state index contributed by atoms with van der Waals surface area (Å²) >= 11 is 3.28. The molecule has 1 aromatic heterocycles. The van der Waals surface area contributed by atoms with E-state index in [0.717, 1.165) is 28.8 Å². The van der Waals surface area contributed by atoms with Crippen LogP contribution < -0.4 is 14.8 Å². The van der Waals surface area contributed by atoms with Gasteiger partial charge < -0.3 is 14.8 Å². The van der Waals surface area contributed by atoms with Crippen molar-refractivity contribution in [2.24, 2.45) is 0 Å². The first-order valence-electron chi connectivity index (χ1n) is 7.01. The number of rotatable bonds is 3. The number of aromatic nitrogens is 1. The SMILES string of the molecule is O=C(Nc1ccc(Br)nc1)C1(c2ccc3c(c2)OCO3)CC1. The molecule has 0 bridgehead atoms. The highest BCUT2D eigenvalue weighted by molar-refractivity contribution is 9.10. The van der Waals surface area contributed by atoms with Gasteiger partial charge in [-0.3, -0.25) is 4.79 Å². The van der Waals surface area contributed by atoms with Crippen LogP contribution in [0.3, 0.4) is 0 Å². The van der Waals surface area contributed by atoms with Gasteiger partial charge in [-0.2, -0.15) is 0 Å². The summed E-state index contributed by atoms with van der Waals surface area (Å²) in [6.07, 6.45) is 3.31. The van der Waals surface area contributed by atoms with Gasteiger partial charge in [-0.05, 0) is 58.6 Å². The van der Waals surface area contributed by atoms with Crippen LogP contribution in [0.5, 0.6) is 11.5 Å². The Kier molecular flexibility index (Phi) is 3.07. The highest BCUT2D eigenvalue weighted by atomic mass is 79.9. The molecule has 1 fully saturated rings. The average molecular weight is 361 g/mol. The quantitative estimate of drug-likeness (QED) is 0.853. The van der Waals surface area contributed by atoms with Gasteiger partial charge in [0.05, 0.1) is 17.3 Å². The molecule has 5 nitrogen and oxygen atoms in total. The molecule has 2 heterocycles. The molecule has 1 saturated carbocycles. The van der Waals surface area contributed by atoms with E-state index in [4.69, 9.17) is 9.47 Å². The van der Waals surface area contributed by atoms with Crippen molar-refractivity contribution in [1.29, 1.82) is 0 Å². The highest BCUT2D eigenvalue weighted by Gasteiger charge is 2.51. The van der Waals surface area contributed by atoms with Crippen LogP contribution in [-0.2, 0) is 10.2 Å². The molecule has 1 aliphatic carbocycles. The smallest absolute Gasteiger partial charge is 0.235 e. The molecule has 6 heteroatoms. The summed E-state index contributed by atoms with van der Waals surface area (Å²) < 4.78 is 11.5. The fourth-order valence-electron chi connectivity index (χ4n) is 2.67. The molecule has 4 rings (SSSR count). The minimum atomic E-state index is -0.464. The summed E-state index contributed by atoms with van der Waals surface area (Å²) in [5.41, 5.74) is 1.20. The number of carbonyl (C=O) groups is 1. The Morgan fingerprint density at radius 3 is 2.73 bits per heavy atom. The van der Waals surface area contributed by atoms with Crippen molar-refractivity contribution in [2.45, 2.75) is 18.3 Å². The third kappa shape index (κ3) is 2.23. The normalized spacial score (nSPS) is 17.1. The summed E-state index contributed by atoms with van der Waals surface area (Å²) in [5, 5.41) is 2.94. The van der Waals surface area contributed by atoms with Gasteiger partial charge in [0.25, 0.3) is 0 Å². The minimum absolute atomic E-state index is 0.00418. The maximum Gasteiger partial charge on any atom is 0.235 e. The van der Waals surface area contributed by atoms with E-state index in [-0.39, 0.29) is 12.7 Å². The molecule has 1 aliphatic heterocycles. The lowest BCUT2D eigenvalue weighted by atomic mass is 9.94. The zero-order valence-electron chi connectivity index (χ0n) is 11.6. The molecule has 0 radical (unpaired) electrons. The summed E-state index contributed by atoms with van der Waals surface area (Å²) in [6, 6.07) is 9.35. The Labute approximate surface area is 135 Å². The molecule has 2 aliphatic rings. The molecule has 1 amide bonds. The van der Waals surface area contributed by atoms with Gasteiger partial charge in [0, 0.05) is 0 Å². The number of nitrogens with zero attached hydrogens (tertiary/aromatic N) is 1. The Hall–Kier alpha value is -2.08. The summed E-state index contributed by atoms with van der Waals surface area (Å²) in [7, 11) is 0. The van der Waals surface area contributed by atoms with E-state index >= 15 is 0 Å². The van der Waals surface area contributed by atoms with Crippen LogP contribution in [0.2, 0.25) is 0 Å². The molecule has 2 aromatic rings. The minimum Gasteiger partial charge on any atom is -0.454 e. The van der Waals surface area contributed by atoms with Crippen LogP contribution in [0.15, 0.2) is 41.1 Å². The number of hydrogen-bond donors (Lipinski definition) is 1. The molecule has 1 aromatic carbocycles. The number of ether oxygens (including phenoxy) is 2. The van der Waals surface area contributed by atoms with E-state index < -0.39 is 5.41 Å². The van der Waals surface area contributed by atoms with Crippen molar-refractivity contribution in [3.8, 4) is 11.5 Å². The first-order valence-corrected chi connectivity index (χ1v) is 7.80.